The molecule has 3 heteroatoms. The number of nitrogens with zero attached hydrogens (tertiary/aromatic N) is 1. The minimum atomic E-state index is -0.0482. The van der Waals surface area contributed by atoms with Gasteiger partial charge in [0.2, 0.25) is 5.91 Å². The third kappa shape index (κ3) is 2.47. The summed E-state index contributed by atoms with van der Waals surface area (Å²) in [5.41, 5.74) is 2.65. The van der Waals surface area contributed by atoms with Gasteiger partial charge in [0.1, 0.15) is 0 Å². The second-order valence-corrected chi connectivity index (χ2v) is 6.28. The third-order valence-corrected chi connectivity index (χ3v) is 4.83. The largest absolute Gasteiger partial charge is 0.336 e. The van der Waals surface area contributed by atoms with E-state index in [1.54, 1.807) is 0 Å². The average molecular weight is 272 g/mol. The molecule has 3 nitrogen and oxygen atoms in total. The standard InChI is InChI=1S/C17H24N2O/c1-12-6-5-7-13(2)19(12)17(20)16-10-14-8-3-4-9-15(14)11-18-16/h3-4,8-9,12-13,16,18H,5-7,10-11H2,1-2H3/t12-,13+,16-/m0/s1. The highest BCUT2D eigenvalue weighted by Crippen LogP contribution is 2.25. The van der Waals surface area contributed by atoms with Crippen molar-refractivity contribution < 1.29 is 4.79 Å². The fourth-order valence-electron chi connectivity index (χ4n) is 3.66. The maximum Gasteiger partial charge on any atom is 0.240 e. The number of amides is 1. The zero-order valence-electron chi connectivity index (χ0n) is 12.4. The van der Waals surface area contributed by atoms with Crippen molar-refractivity contribution in [1.82, 2.24) is 10.2 Å². The van der Waals surface area contributed by atoms with Crippen LogP contribution < -0.4 is 5.32 Å². The molecule has 1 N–H and O–H groups in total. The van der Waals surface area contributed by atoms with Crippen molar-refractivity contribution in [2.75, 3.05) is 0 Å². The molecular weight excluding hydrogens is 248 g/mol. The SMILES string of the molecule is C[C@@H]1CCC[C@H](C)N1C(=O)[C@@H]1Cc2ccccc2CN1. The lowest BCUT2D eigenvalue weighted by Gasteiger charge is -2.41. The fourth-order valence-corrected chi connectivity index (χ4v) is 3.66. The molecule has 1 aromatic rings. The van der Waals surface area contributed by atoms with Crippen LogP contribution in [0.5, 0.6) is 0 Å². The number of rotatable bonds is 1. The lowest BCUT2D eigenvalue weighted by Crippen LogP contribution is -2.56. The first-order valence-corrected chi connectivity index (χ1v) is 7.79. The molecular formula is C17H24N2O. The molecule has 3 rings (SSSR count). The van der Waals surface area contributed by atoms with Crippen LogP contribution >= 0.6 is 0 Å². The van der Waals surface area contributed by atoms with E-state index < -0.39 is 0 Å². The van der Waals surface area contributed by atoms with Crippen LogP contribution in [0.3, 0.4) is 0 Å². The summed E-state index contributed by atoms with van der Waals surface area (Å²) in [4.78, 5) is 15.0. The molecule has 1 fully saturated rings. The van der Waals surface area contributed by atoms with Crippen molar-refractivity contribution in [3.05, 3.63) is 35.4 Å². The Morgan fingerprint density at radius 1 is 1.15 bits per heavy atom. The summed E-state index contributed by atoms with van der Waals surface area (Å²) in [5.74, 6) is 0.291. The van der Waals surface area contributed by atoms with Gasteiger partial charge in [0.25, 0.3) is 0 Å². The van der Waals surface area contributed by atoms with E-state index in [0.717, 1.165) is 25.8 Å². The van der Waals surface area contributed by atoms with Gasteiger partial charge in [-0.15, -0.1) is 0 Å². The zero-order chi connectivity index (χ0) is 14.1. The molecule has 2 aliphatic heterocycles. The second-order valence-electron chi connectivity index (χ2n) is 6.28. The summed E-state index contributed by atoms with van der Waals surface area (Å²) >= 11 is 0. The van der Waals surface area contributed by atoms with E-state index in [1.165, 1.54) is 17.5 Å². The minimum Gasteiger partial charge on any atom is -0.336 e. The first kappa shape index (κ1) is 13.6. The van der Waals surface area contributed by atoms with Crippen LogP contribution in [-0.2, 0) is 17.8 Å². The van der Waals surface area contributed by atoms with Crippen molar-refractivity contribution in [2.24, 2.45) is 0 Å². The number of carbonyl (C=O) groups excluding carboxylic acids is 1. The molecule has 2 heterocycles. The van der Waals surface area contributed by atoms with Gasteiger partial charge in [-0.05, 0) is 50.7 Å². The summed E-state index contributed by atoms with van der Waals surface area (Å²) < 4.78 is 0. The highest BCUT2D eigenvalue weighted by atomic mass is 16.2. The molecule has 0 aliphatic carbocycles. The summed E-state index contributed by atoms with van der Waals surface area (Å²) in [6.07, 6.45) is 4.34. The molecule has 20 heavy (non-hydrogen) atoms. The third-order valence-electron chi connectivity index (χ3n) is 4.83. The Morgan fingerprint density at radius 3 is 2.50 bits per heavy atom. The molecule has 1 amide bonds. The number of benzene rings is 1. The van der Waals surface area contributed by atoms with Crippen molar-refractivity contribution in [1.29, 1.82) is 0 Å². The van der Waals surface area contributed by atoms with E-state index in [2.05, 4.69) is 48.3 Å². The van der Waals surface area contributed by atoms with Crippen LogP contribution in [0.1, 0.15) is 44.2 Å². The Hall–Kier alpha value is -1.35. The fraction of sp³-hybridized carbons (Fsp3) is 0.588. The number of hydrogen-bond acceptors (Lipinski definition) is 2. The van der Waals surface area contributed by atoms with E-state index in [-0.39, 0.29) is 6.04 Å². The van der Waals surface area contributed by atoms with Gasteiger partial charge in [-0.25, -0.2) is 0 Å². The monoisotopic (exact) mass is 272 g/mol. The molecule has 3 atom stereocenters. The quantitative estimate of drug-likeness (QED) is 0.852. The summed E-state index contributed by atoms with van der Waals surface area (Å²) in [5, 5.41) is 3.42. The van der Waals surface area contributed by atoms with E-state index in [0.29, 0.717) is 18.0 Å². The van der Waals surface area contributed by atoms with E-state index in [1.807, 2.05) is 0 Å². The van der Waals surface area contributed by atoms with Gasteiger partial charge in [0.05, 0.1) is 6.04 Å². The maximum atomic E-state index is 12.8. The molecule has 0 radical (unpaired) electrons. The lowest BCUT2D eigenvalue weighted by molar-refractivity contribution is -0.139. The van der Waals surface area contributed by atoms with Crippen molar-refractivity contribution in [2.45, 2.75) is 64.2 Å². The predicted octanol–water partition coefficient (Wildman–Crippen LogP) is 2.49. The first-order valence-electron chi connectivity index (χ1n) is 7.79. The predicted molar refractivity (Wildman–Crippen MR) is 80.4 cm³/mol. The molecule has 108 valence electrons. The molecule has 1 saturated heterocycles. The number of fused-ring (bicyclic) bond motifs is 1. The summed E-state index contributed by atoms with van der Waals surface area (Å²) in [6.45, 7) is 5.18. The van der Waals surface area contributed by atoms with Gasteiger partial charge in [0.15, 0.2) is 0 Å². The van der Waals surface area contributed by atoms with Crippen LogP contribution in [-0.4, -0.2) is 28.9 Å². The number of carbonyl (C=O) groups is 1. The van der Waals surface area contributed by atoms with Crippen LogP contribution in [0, 0.1) is 0 Å². The Morgan fingerprint density at radius 2 is 1.80 bits per heavy atom. The highest BCUT2D eigenvalue weighted by molar-refractivity contribution is 5.83. The molecule has 0 saturated carbocycles. The number of likely N-dealkylation sites (tertiary alicyclic amines) is 1. The topological polar surface area (TPSA) is 32.3 Å². The van der Waals surface area contributed by atoms with Crippen LogP contribution in [0.15, 0.2) is 24.3 Å². The van der Waals surface area contributed by atoms with Gasteiger partial charge < -0.3 is 10.2 Å². The van der Waals surface area contributed by atoms with Crippen molar-refractivity contribution >= 4 is 5.91 Å². The zero-order valence-corrected chi connectivity index (χ0v) is 12.4. The van der Waals surface area contributed by atoms with E-state index in [9.17, 15) is 4.79 Å². The molecule has 0 aromatic heterocycles. The van der Waals surface area contributed by atoms with Gasteiger partial charge in [-0.1, -0.05) is 24.3 Å². The van der Waals surface area contributed by atoms with Crippen molar-refractivity contribution in [3.8, 4) is 0 Å². The first-order chi connectivity index (χ1) is 9.66. The van der Waals surface area contributed by atoms with Gasteiger partial charge in [0, 0.05) is 18.6 Å². The lowest BCUT2D eigenvalue weighted by atomic mass is 9.92. The van der Waals surface area contributed by atoms with Gasteiger partial charge in [-0.2, -0.15) is 0 Å². The van der Waals surface area contributed by atoms with Gasteiger partial charge >= 0.3 is 0 Å². The molecule has 0 spiro atoms. The molecule has 1 aromatic carbocycles. The van der Waals surface area contributed by atoms with Crippen LogP contribution in [0.2, 0.25) is 0 Å². The Labute approximate surface area is 121 Å². The van der Waals surface area contributed by atoms with Crippen LogP contribution in [0.25, 0.3) is 0 Å². The van der Waals surface area contributed by atoms with Crippen LogP contribution in [0.4, 0.5) is 0 Å². The molecule has 0 bridgehead atoms. The number of nitrogens with one attached hydrogen (secondary N) is 1. The minimum absolute atomic E-state index is 0.0482. The smallest absolute Gasteiger partial charge is 0.240 e. The van der Waals surface area contributed by atoms with E-state index >= 15 is 0 Å². The average Bonchev–Trinajstić information content (AvgIpc) is 2.46. The summed E-state index contributed by atoms with van der Waals surface area (Å²) in [7, 11) is 0. The normalized spacial score (nSPS) is 29.9. The highest BCUT2D eigenvalue weighted by Gasteiger charge is 2.34. The Bertz CT molecular complexity index is 490. The van der Waals surface area contributed by atoms with E-state index in [4.69, 9.17) is 0 Å². The number of hydrogen-bond donors (Lipinski definition) is 1. The molecule has 2 aliphatic rings. The maximum absolute atomic E-state index is 12.8. The van der Waals surface area contributed by atoms with Gasteiger partial charge in [-0.3, -0.25) is 4.79 Å². The summed E-state index contributed by atoms with van der Waals surface area (Å²) in [6, 6.07) is 9.15. The Kier molecular flexibility index (Phi) is 3.79. The Balaban J connectivity index is 1.75. The number of piperidine rings is 1. The second kappa shape index (κ2) is 5.57. The van der Waals surface area contributed by atoms with Crippen molar-refractivity contribution in [3.63, 3.8) is 0 Å². The molecule has 0 unspecified atom stereocenters.